The minimum Gasteiger partial charge on any atom is -0.491 e. The third-order valence-electron chi connectivity index (χ3n) is 4.64. The van der Waals surface area contributed by atoms with E-state index in [2.05, 4.69) is 4.98 Å². The average molecular weight is 451 g/mol. The van der Waals surface area contributed by atoms with Gasteiger partial charge in [0.25, 0.3) is 0 Å². The number of hydrogen-bond acceptors (Lipinski definition) is 5. The fraction of sp³-hybridized carbons (Fsp3) is 0.200. The zero-order chi connectivity index (χ0) is 22.7. The van der Waals surface area contributed by atoms with E-state index in [1.165, 1.54) is 0 Å². The minimum absolute atomic E-state index is 0.0724. The van der Waals surface area contributed by atoms with Crippen LogP contribution in [0, 0.1) is 0 Å². The summed E-state index contributed by atoms with van der Waals surface area (Å²) in [4.78, 5) is 16.9. The van der Waals surface area contributed by atoms with Gasteiger partial charge in [0.2, 0.25) is 5.88 Å². The van der Waals surface area contributed by atoms with Crippen molar-refractivity contribution in [2.75, 3.05) is 6.61 Å². The summed E-state index contributed by atoms with van der Waals surface area (Å²) in [6.07, 6.45) is 0.0724. The van der Waals surface area contributed by atoms with Gasteiger partial charge in [-0.15, -0.1) is 0 Å². The third-order valence-corrected chi connectivity index (χ3v) is 4.85. The van der Waals surface area contributed by atoms with E-state index in [0.29, 0.717) is 22.5 Å². The van der Waals surface area contributed by atoms with Crippen molar-refractivity contribution in [3.8, 4) is 23.1 Å². The second-order valence-corrected chi connectivity index (χ2v) is 7.75. The molecule has 0 aliphatic rings. The summed E-state index contributed by atoms with van der Waals surface area (Å²) in [5.74, 6) is 1.32. The summed E-state index contributed by atoms with van der Waals surface area (Å²) >= 11 is 5.97. The van der Waals surface area contributed by atoms with Crippen LogP contribution in [0.15, 0.2) is 66.7 Å². The number of esters is 1. The second-order valence-electron chi connectivity index (χ2n) is 7.37. The van der Waals surface area contributed by atoms with E-state index < -0.39 is 5.97 Å². The highest BCUT2D eigenvalue weighted by Gasteiger charge is 2.19. The predicted molar refractivity (Wildman–Crippen MR) is 124 cm³/mol. The molecule has 0 saturated carbocycles. The first-order valence-corrected chi connectivity index (χ1v) is 10.7. The van der Waals surface area contributed by atoms with Crippen LogP contribution in [0.4, 0.5) is 0 Å². The molecule has 0 spiro atoms. The van der Waals surface area contributed by atoms with Gasteiger partial charge in [-0.2, -0.15) is 0 Å². The van der Waals surface area contributed by atoms with Crippen molar-refractivity contribution >= 4 is 28.5 Å². The number of halogens is 1. The summed E-state index contributed by atoms with van der Waals surface area (Å²) in [7, 11) is 0. The van der Waals surface area contributed by atoms with Gasteiger partial charge in [-0.1, -0.05) is 17.7 Å². The number of nitrogens with zero attached hydrogens (tertiary/aromatic N) is 2. The lowest BCUT2D eigenvalue weighted by atomic mass is 10.2. The summed E-state index contributed by atoms with van der Waals surface area (Å²) < 4.78 is 18.8. The van der Waals surface area contributed by atoms with E-state index in [1.807, 2.05) is 66.9 Å². The molecule has 0 unspecified atom stereocenters. The molecule has 0 bridgehead atoms. The summed E-state index contributed by atoms with van der Waals surface area (Å²) in [6, 6.07) is 20.1. The standard InChI is InChI=1S/C25H23ClN2O4/c1-4-30-25(29)22-14-17-8-11-20(32-24-7-5-6-23(26)27-24)15-21(17)28(22)18-9-12-19(13-10-18)31-16(2)3/h5-16H,4H2,1-3H3. The van der Waals surface area contributed by atoms with Crippen LogP contribution in [0.3, 0.4) is 0 Å². The number of carbonyl (C=O) groups excluding carboxylic acids is 1. The van der Waals surface area contributed by atoms with Gasteiger partial charge in [0.15, 0.2) is 0 Å². The fourth-order valence-electron chi connectivity index (χ4n) is 3.39. The number of carbonyl (C=O) groups is 1. The molecule has 4 rings (SSSR count). The van der Waals surface area contributed by atoms with Gasteiger partial charge < -0.3 is 18.8 Å². The quantitative estimate of drug-likeness (QED) is 0.239. The predicted octanol–water partition coefficient (Wildman–Crippen LogP) is 6.44. The Morgan fingerprint density at radius 2 is 1.78 bits per heavy atom. The lowest BCUT2D eigenvalue weighted by Crippen LogP contribution is -2.11. The van der Waals surface area contributed by atoms with Crippen molar-refractivity contribution in [2.24, 2.45) is 0 Å². The van der Waals surface area contributed by atoms with Crippen LogP contribution in [0.1, 0.15) is 31.3 Å². The first kappa shape index (κ1) is 21.7. The van der Waals surface area contributed by atoms with Crippen LogP contribution in [0.2, 0.25) is 5.15 Å². The van der Waals surface area contributed by atoms with Crippen molar-refractivity contribution < 1.29 is 19.0 Å². The van der Waals surface area contributed by atoms with E-state index in [1.54, 1.807) is 25.1 Å². The van der Waals surface area contributed by atoms with Gasteiger partial charge in [0, 0.05) is 23.2 Å². The Hall–Kier alpha value is -3.51. The molecule has 164 valence electrons. The van der Waals surface area contributed by atoms with Gasteiger partial charge in [0.1, 0.15) is 22.3 Å². The largest absolute Gasteiger partial charge is 0.491 e. The number of rotatable bonds is 7. The molecule has 2 heterocycles. The van der Waals surface area contributed by atoms with E-state index in [-0.39, 0.29) is 12.7 Å². The second kappa shape index (κ2) is 9.32. The Labute approximate surface area is 191 Å². The van der Waals surface area contributed by atoms with E-state index in [9.17, 15) is 4.79 Å². The molecule has 0 aliphatic carbocycles. The molecule has 0 fully saturated rings. The van der Waals surface area contributed by atoms with Gasteiger partial charge in [-0.05, 0) is 69.3 Å². The molecule has 32 heavy (non-hydrogen) atoms. The molecule has 7 heteroatoms. The number of benzene rings is 2. The molecule has 0 amide bonds. The molecule has 0 aliphatic heterocycles. The number of pyridine rings is 1. The molecule has 0 N–H and O–H groups in total. The maximum Gasteiger partial charge on any atom is 0.355 e. The average Bonchev–Trinajstić information content (AvgIpc) is 3.13. The molecule has 0 radical (unpaired) electrons. The van der Waals surface area contributed by atoms with Crippen LogP contribution >= 0.6 is 11.6 Å². The first-order valence-electron chi connectivity index (χ1n) is 10.3. The van der Waals surface area contributed by atoms with Crippen molar-refractivity contribution in [3.05, 3.63) is 77.6 Å². The maximum absolute atomic E-state index is 12.7. The van der Waals surface area contributed by atoms with Crippen LogP contribution in [-0.4, -0.2) is 28.2 Å². The minimum atomic E-state index is -0.398. The van der Waals surface area contributed by atoms with Crippen molar-refractivity contribution in [1.29, 1.82) is 0 Å². The van der Waals surface area contributed by atoms with Crippen LogP contribution in [-0.2, 0) is 4.74 Å². The SMILES string of the molecule is CCOC(=O)c1cc2ccc(Oc3cccc(Cl)n3)cc2n1-c1ccc(OC(C)C)cc1. The van der Waals surface area contributed by atoms with E-state index in [0.717, 1.165) is 22.3 Å². The summed E-state index contributed by atoms with van der Waals surface area (Å²) in [5, 5.41) is 1.22. The highest BCUT2D eigenvalue weighted by Crippen LogP contribution is 2.31. The van der Waals surface area contributed by atoms with Crippen molar-refractivity contribution in [3.63, 3.8) is 0 Å². The number of fused-ring (bicyclic) bond motifs is 1. The Balaban J connectivity index is 1.79. The van der Waals surface area contributed by atoms with Gasteiger partial charge >= 0.3 is 5.97 Å². The smallest absolute Gasteiger partial charge is 0.355 e. The molecule has 6 nitrogen and oxygen atoms in total. The van der Waals surface area contributed by atoms with E-state index >= 15 is 0 Å². The van der Waals surface area contributed by atoms with E-state index in [4.69, 9.17) is 25.8 Å². The molecule has 2 aromatic carbocycles. The lowest BCUT2D eigenvalue weighted by Gasteiger charge is -2.13. The lowest BCUT2D eigenvalue weighted by molar-refractivity contribution is 0.0517. The van der Waals surface area contributed by atoms with Gasteiger partial charge in [0.05, 0.1) is 18.2 Å². The molecular weight excluding hydrogens is 428 g/mol. The van der Waals surface area contributed by atoms with Gasteiger partial charge in [-0.25, -0.2) is 9.78 Å². The Bertz CT molecular complexity index is 1250. The van der Waals surface area contributed by atoms with Crippen LogP contribution in [0.25, 0.3) is 16.6 Å². The van der Waals surface area contributed by atoms with Crippen LogP contribution < -0.4 is 9.47 Å². The zero-order valence-electron chi connectivity index (χ0n) is 18.0. The first-order chi connectivity index (χ1) is 15.4. The number of hydrogen-bond donors (Lipinski definition) is 0. The Morgan fingerprint density at radius 1 is 1.03 bits per heavy atom. The maximum atomic E-state index is 12.7. The molecule has 0 saturated heterocycles. The highest BCUT2D eigenvalue weighted by atomic mass is 35.5. The van der Waals surface area contributed by atoms with Crippen molar-refractivity contribution in [2.45, 2.75) is 26.9 Å². The summed E-state index contributed by atoms with van der Waals surface area (Å²) in [5.41, 5.74) is 2.03. The Morgan fingerprint density at radius 3 is 2.47 bits per heavy atom. The third kappa shape index (κ3) is 4.70. The highest BCUT2D eigenvalue weighted by molar-refractivity contribution is 6.29. The molecular formula is C25H23ClN2O4. The normalized spacial score (nSPS) is 11.0. The monoisotopic (exact) mass is 450 g/mol. The van der Waals surface area contributed by atoms with Gasteiger partial charge in [-0.3, -0.25) is 0 Å². The van der Waals surface area contributed by atoms with Crippen molar-refractivity contribution in [1.82, 2.24) is 9.55 Å². The Kier molecular flexibility index (Phi) is 6.32. The molecule has 2 aromatic heterocycles. The number of aromatic nitrogens is 2. The summed E-state index contributed by atoms with van der Waals surface area (Å²) in [6.45, 7) is 6.02. The number of ether oxygens (including phenoxy) is 3. The molecule has 0 atom stereocenters. The molecule has 4 aromatic rings. The van der Waals surface area contributed by atoms with Crippen LogP contribution in [0.5, 0.6) is 17.4 Å². The topological polar surface area (TPSA) is 62.6 Å². The zero-order valence-corrected chi connectivity index (χ0v) is 18.8. The fourth-order valence-corrected chi connectivity index (χ4v) is 3.55.